The standard InChI is InChI=1S/C15H16N4O3S/c1-10-3-2-5-18-8-11(17-14(10)18)7-12(20)16-4-6-19-13(21)9-23-15(19)22/h2-3,5,8H,4,6-7,9H2,1H3,(H,16,20). The molecule has 1 fully saturated rings. The summed E-state index contributed by atoms with van der Waals surface area (Å²) in [4.78, 5) is 40.4. The molecule has 0 aromatic carbocycles. The summed E-state index contributed by atoms with van der Waals surface area (Å²) in [5.41, 5.74) is 2.56. The Morgan fingerprint density at radius 1 is 1.43 bits per heavy atom. The fourth-order valence-electron chi connectivity index (χ4n) is 2.42. The molecule has 2 aromatic rings. The topological polar surface area (TPSA) is 83.8 Å². The zero-order valence-corrected chi connectivity index (χ0v) is 13.4. The predicted molar refractivity (Wildman–Crippen MR) is 86.2 cm³/mol. The Bertz CT molecular complexity index is 770. The molecule has 3 rings (SSSR count). The average Bonchev–Trinajstić information content (AvgIpc) is 3.05. The number of nitrogens with one attached hydrogen (secondary N) is 1. The van der Waals surface area contributed by atoms with Crippen molar-refractivity contribution >= 4 is 34.5 Å². The first-order valence-electron chi connectivity index (χ1n) is 7.21. The Hall–Kier alpha value is -2.35. The zero-order valence-electron chi connectivity index (χ0n) is 12.6. The van der Waals surface area contributed by atoms with Gasteiger partial charge in [0.2, 0.25) is 11.8 Å². The lowest BCUT2D eigenvalue weighted by molar-refractivity contribution is -0.125. The van der Waals surface area contributed by atoms with Gasteiger partial charge in [0.25, 0.3) is 5.24 Å². The summed E-state index contributed by atoms with van der Waals surface area (Å²) in [5, 5.41) is 2.46. The van der Waals surface area contributed by atoms with Crippen molar-refractivity contribution in [3.8, 4) is 0 Å². The molecule has 0 atom stereocenters. The summed E-state index contributed by atoms with van der Waals surface area (Å²) in [5.74, 6) is -0.198. The van der Waals surface area contributed by atoms with E-state index in [1.807, 2.05) is 35.9 Å². The molecule has 1 aliphatic heterocycles. The maximum atomic E-state index is 12.0. The van der Waals surface area contributed by atoms with E-state index in [0.717, 1.165) is 23.0 Å². The molecule has 3 amide bonds. The van der Waals surface area contributed by atoms with Gasteiger partial charge in [0.05, 0.1) is 17.9 Å². The summed E-state index contributed by atoms with van der Waals surface area (Å²) >= 11 is 0.991. The third kappa shape index (κ3) is 3.37. The van der Waals surface area contributed by atoms with Crippen LogP contribution in [0.2, 0.25) is 0 Å². The molecule has 0 radical (unpaired) electrons. The van der Waals surface area contributed by atoms with Crippen LogP contribution >= 0.6 is 11.8 Å². The summed E-state index contributed by atoms with van der Waals surface area (Å²) < 4.78 is 1.89. The molecule has 1 N–H and O–H groups in total. The van der Waals surface area contributed by atoms with Crippen LogP contribution in [-0.2, 0) is 16.0 Å². The van der Waals surface area contributed by atoms with E-state index in [0.29, 0.717) is 5.69 Å². The highest BCUT2D eigenvalue weighted by molar-refractivity contribution is 8.14. The van der Waals surface area contributed by atoms with Gasteiger partial charge in [-0.1, -0.05) is 17.8 Å². The van der Waals surface area contributed by atoms with Crippen molar-refractivity contribution in [1.82, 2.24) is 19.6 Å². The minimum absolute atomic E-state index is 0.164. The molecule has 3 heterocycles. The predicted octanol–water partition coefficient (Wildman–Crippen LogP) is 0.997. The second-order valence-corrected chi connectivity index (χ2v) is 6.21. The van der Waals surface area contributed by atoms with Gasteiger partial charge in [-0.05, 0) is 18.6 Å². The molecule has 0 unspecified atom stereocenters. The van der Waals surface area contributed by atoms with Gasteiger partial charge in [0, 0.05) is 25.5 Å². The van der Waals surface area contributed by atoms with Gasteiger partial charge in [0.15, 0.2) is 0 Å². The number of imidazole rings is 1. The maximum Gasteiger partial charge on any atom is 0.288 e. The molecule has 0 bridgehead atoms. The lowest BCUT2D eigenvalue weighted by Gasteiger charge is -2.12. The number of carbonyl (C=O) groups excluding carboxylic acids is 3. The number of aryl methyl sites for hydroxylation is 1. The number of amides is 3. The van der Waals surface area contributed by atoms with Crippen LogP contribution in [0.1, 0.15) is 11.3 Å². The van der Waals surface area contributed by atoms with Crippen molar-refractivity contribution in [3.63, 3.8) is 0 Å². The molecule has 0 saturated carbocycles. The normalized spacial score (nSPS) is 14.7. The number of imide groups is 1. The van der Waals surface area contributed by atoms with Gasteiger partial charge >= 0.3 is 0 Å². The minimum atomic E-state index is -0.250. The SMILES string of the molecule is Cc1cccn2cc(CC(=O)NCCN3C(=O)CSC3=O)nc12. The van der Waals surface area contributed by atoms with Gasteiger partial charge in [-0.25, -0.2) is 4.98 Å². The van der Waals surface area contributed by atoms with Crippen LogP contribution in [0.25, 0.3) is 5.65 Å². The number of hydrogen-bond acceptors (Lipinski definition) is 5. The lowest BCUT2D eigenvalue weighted by Crippen LogP contribution is -2.37. The quantitative estimate of drug-likeness (QED) is 0.883. The zero-order chi connectivity index (χ0) is 16.4. The number of aromatic nitrogens is 2. The third-order valence-electron chi connectivity index (χ3n) is 3.57. The molecule has 1 aliphatic rings. The Morgan fingerprint density at radius 3 is 2.96 bits per heavy atom. The molecule has 120 valence electrons. The van der Waals surface area contributed by atoms with Crippen molar-refractivity contribution in [2.45, 2.75) is 13.3 Å². The van der Waals surface area contributed by atoms with Gasteiger partial charge in [0.1, 0.15) is 5.65 Å². The molecule has 0 spiro atoms. The Kier molecular flexibility index (Phi) is 4.33. The fourth-order valence-corrected chi connectivity index (χ4v) is 3.17. The molecule has 2 aromatic heterocycles. The van der Waals surface area contributed by atoms with Crippen LogP contribution in [-0.4, -0.2) is 50.2 Å². The average molecular weight is 332 g/mol. The van der Waals surface area contributed by atoms with Crippen molar-refractivity contribution in [2.75, 3.05) is 18.8 Å². The number of carbonyl (C=O) groups is 3. The second-order valence-electron chi connectivity index (χ2n) is 5.28. The summed E-state index contributed by atoms with van der Waals surface area (Å²) in [6.07, 6.45) is 3.88. The summed E-state index contributed by atoms with van der Waals surface area (Å²) in [6, 6.07) is 3.89. The van der Waals surface area contributed by atoms with E-state index < -0.39 is 0 Å². The van der Waals surface area contributed by atoms with E-state index in [9.17, 15) is 14.4 Å². The number of hydrogen-bond donors (Lipinski definition) is 1. The van der Waals surface area contributed by atoms with Crippen LogP contribution < -0.4 is 5.32 Å². The molecular weight excluding hydrogens is 316 g/mol. The molecule has 0 aliphatic carbocycles. The highest BCUT2D eigenvalue weighted by Gasteiger charge is 2.29. The summed E-state index contributed by atoms with van der Waals surface area (Å²) in [6.45, 7) is 2.43. The number of pyridine rings is 1. The van der Waals surface area contributed by atoms with Crippen LogP contribution in [0.3, 0.4) is 0 Å². The molecule has 7 nitrogen and oxygen atoms in total. The molecule has 23 heavy (non-hydrogen) atoms. The first-order chi connectivity index (χ1) is 11.0. The van der Waals surface area contributed by atoms with Crippen LogP contribution in [0.5, 0.6) is 0 Å². The Labute approximate surface area is 137 Å². The van der Waals surface area contributed by atoms with Crippen molar-refractivity contribution in [2.24, 2.45) is 0 Å². The van der Waals surface area contributed by atoms with E-state index in [2.05, 4.69) is 10.3 Å². The maximum absolute atomic E-state index is 12.0. The largest absolute Gasteiger partial charge is 0.354 e. The van der Waals surface area contributed by atoms with Gasteiger partial charge in [-0.3, -0.25) is 19.3 Å². The van der Waals surface area contributed by atoms with E-state index in [4.69, 9.17) is 0 Å². The van der Waals surface area contributed by atoms with Crippen molar-refractivity contribution in [3.05, 3.63) is 35.8 Å². The number of rotatable bonds is 5. The van der Waals surface area contributed by atoms with Crippen LogP contribution in [0.4, 0.5) is 4.79 Å². The summed E-state index contributed by atoms with van der Waals surface area (Å²) in [7, 11) is 0. The monoisotopic (exact) mass is 332 g/mol. The Balaban J connectivity index is 1.53. The highest BCUT2D eigenvalue weighted by Crippen LogP contribution is 2.17. The van der Waals surface area contributed by atoms with Gasteiger partial charge < -0.3 is 9.72 Å². The highest BCUT2D eigenvalue weighted by atomic mass is 32.2. The smallest absolute Gasteiger partial charge is 0.288 e. The van der Waals surface area contributed by atoms with Crippen molar-refractivity contribution in [1.29, 1.82) is 0 Å². The van der Waals surface area contributed by atoms with E-state index in [-0.39, 0.29) is 42.3 Å². The molecule has 1 saturated heterocycles. The van der Waals surface area contributed by atoms with E-state index in [1.54, 1.807) is 0 Å². The number of nitrogens with zero attached hydrogens (tertiary/aromatic N) is 3. The van der Waals surface area contributed by atoms with Crippen molar-refractivity contribution < 1.29 is 14.4 Å². The Morgan fingerprint density at radius 2 is 2.26 bits per heavy atom. The van der Waals surface area contributed by atoms with Crippen LogP contribution in [0, 0.1) is 6.92 Å². The van der Waals surface area contributed by atoms with E-state index in [1.165, 1.54) is 4.90 Å². The van der Waals surface area contributed by atoms with Gasteiger partial charge in [-0.15, -0.1) is 0 Å². The first-order valence-corrected chi connectivity index (χ1v) is 8.20. The molecule has 8 heteroatoms. The fraction of sp³-hybridized carbons (Fsp3) is 0.333. The third-order valence-corrected chi connectivity index (χ3v) is 4.43. The van der Waals surface area contributed by atoms with Gasteiger partial charge in [-0.2, -0.15) is 0 Å². The number of thioether (sulfide) groups is 1. The van der Waals surface area contributed by atoms with E-state index >= 15 is 0 Å². The minimum Gasteiger partial charge on any atom is -0.354 e. The lowest BCUT2D eigenvalue weighted by atomic mass is 10.3. The van der Waals surface area contributed by atoms with Crippen LogP contribution in [0.15, 0.2) is 24.5 Å². The molecular formula is C15H16N4O3S. The second kappa shape index (κ2) is 6.41. The number of fused-ring (bicyclic) bond motifs is 1. The first kappa shape index (κ1) is 15.5.